The van der Waals surface area contributed by atoms with Crippen molar-refractivity contribution in [2.75, 3.05) is 19.5 Å². The molecule has 4 nitrogen and oxygen atoms in total. The Hall–Kier alpha value is -2.40. The molecule has 3 aromatic carbocycles. The minimum atomic E-state index is -0.676. The summed E-state index contributed by atoms with van der Waals surface area (Å²) in [5.41, 5.74) is 2.67. The molecule has 0 aliphatic heterocycles. The van der Waals surface area contributed by atoms with E-state index in [4.69, 9.17) is 32.7 Å². The molecular formula is C23H23Cl2NO3. The van der Waals surface area contributed by atoms with Crippen LogP contribution in [0.15, 0.2) is 66.7 Å². The average molecular weight is 432 g/mol. The molecular weight excluding hydrogens is 409 g/mol. The van der Waals surface area contributed by atoms with Crippen LogP contribution < -0.4 is 14.8 Å². The number of hydrogen-bond acceptors (Lipinski definition) is 4. The number of methoxy groups -OCH3 is 2. The van der Waals surface area contributed by atoms with Gasteiger partial charge in [-0.05, 0) is 59.7 Å². The van der Waals surface area contributed by atoms with Crippen LogP contribution in [0.25, 0.3) is 0 Å². The molecule has 3 rings (SSSR count). The van der Waals surface area contributed by atoms with Crippen molar-refractivity contribution in [3.8, 4) is 11.5 Å². The van der Waals surface area contributed by atoms with Crippen molar-refractivity contribution in [3.05, 3.63) is 87.9 Å². The van der Waals surface area contributed by atoms with Crippen LogP contribution in [0.3, 0.4) is 0 Å². The zero-order chi connectivity index (χ0) is 20.8. The number of halogens is 2. The molecule has 0 radical (unpaired) electrons. The molecule has 0 aromatic heterocycles. The van der Waals surface area contributed by atoms with Gasteiger partial charge < -0.3 is 19.9 Å². The van der Waals surface area contributed by atoms with Crippen molar-refractivity contribution in [1.82, 2.24) is 0 Å². The molecule has 152 valence electrons. The summed E-state index contributed by atoms with van der Waals surface area (Å²) in [4.78, 5) is 0. The third-order valence-corrected chi connectivity index (χ3v) is 5.21. The molecule has 0 saturated heterocycles. The summed E-state index contributed by atoms with van der Waals surface area (Å²) in [6.45, 7) is 0. The SMILES string of the molecule is COc1ccc(C(CC(O)c2ccc(Cl)cc2)Nc2ccc(Cl)cc2)cc1OC. The topological polar surface area (TPSA) is 50.7 Å². The fourth-order valence-electron chi connectivity index (χ4n) is 3.14. The van der Waals surface area contributed by atoms with Gasteiger partial charge in [0.2, 0.25) is 0 Å². The van der Waals surface area contributed by atoms with Gasteiger partial charge in [0.1, 0.15) is 0 Å². The van der Waals surface area contributed by atoms with Gasteiger partial charge >= 0.3 is 0 Å². The predicted octanol–water partition coefficient (Wildman–Crippen LogP) is 6.29. The lowest BCUT2D eigenvalue weighted by molar-refractivity contribution is 0.160. The Morgan fingerprint density at radius 1 is 0.793 bits per heavy atom. The molecule has 0 aliphatic carbocycles. The van der Waals surface area contributed by atoms with E-state index < -0.39 is 6.10 Å². The van der Waals surface area contributed by atoms with Crippen molar-refractivity contribution in [2.45, 2.75) is 18.6 Å². The highest BCUT2D eigenvalue weighted by Gasteiger charge is 2.20. The highest BCUT2D eigenvalue weighted by Crippen LogP contribution is 2.35. The second-order valence-electron chi connectivity index (χ2n) is 6.62. The fourth-order valence-corrected chi connectivity index (χ4v) is 3.39. The zero-order valence-electron chi connectivity index (χ0n) is 16.2. The number of benzene rings is 3. The molecule has 0 saturated carbocycles. The number of ether oxygens (including phenoxy) is 2. The van der Waals surface area contributed by atoms with Crippen molar-refractivity contribution >= 4 is 28.9 Å². The van der Waals surface area contributed by atoms with E-state index in [1.165, 1.54) is 0 Å². The minimum absolute atomic E-state index is 0.179. The second-order valence-corrected chi connectivity index (χ2v) is 7.49. The van der Waals surface area contributed by atoms with E-state index in [9.17, 15) is 5.11 Å². The average Bonchev–Trinajstić information content (AvgIpc) is 2.74. The van der Waals surface area contributed by atoms with Crippen LogP contribution in [0.5, 0.6) is 11.5 Å². The van der Waals surface area contributed by atoms with Gasteiger partial charge in [-0.1, -0.05) is 41.4 Å². The number of anilines is 1. The summed E-state index contributed by atoms with van der Waals surface area (Å²) in [5, 5.41) is 15.6. The monoisotopic (exact) mass is 431 g/mol. The zero-order valence-corrected chi connectivity index (χ0v) is 17.7. The summed E-state index contributed by atoms with van der Waals surface area (Å²) in [6.07, 6.45) is -0.232. The Labute approximate surface area is 181 Å². The first-order valence-electron chi connectivity index (χ1n) is 9.17. The highest BCUT2D eigenvalue weighted by atomic mass is 35.5. The quantitative estimate of drug-likeness (QED) is 0.440. The first kappa shape index (κ1) is 21.3. The number of aliphatic hydroxyl groups excluding tert-OH is 1. The molecule has 0 fully saturated rings. The van der Waals surface area contributed by atoms with Crippen molar-refractivity contribution in [2.24, 2.45) is 0 Å². The predicted molar refractivity (Wildman–Crippen MR) is 118 cm³/mol. The molecule has 0 heterocycles. The Morgan fingerprint density at radius 3 is 1.93 bits per heavy atom. The highest BCUT2D eigenvalue weighted by molar-refractivity contribution is 6.30. The second kappa shape index (κ2) is 9.88. The van der Waals surface area contributed by atoms with Crippen LogP contribution in [-0.4, -0.2) is 19.3 Å². The summed E-state index contributed by atoms with van der Waals surface area (Å²) < 4.78 is 10.8. The van der Waals surface area contributed by atoms with Gasteiger partial charge in [-0.2, -0.15) is 0 Å². The van der Waals surface area contributed by atoms with Gasteiger partial charge in [-0.25, -0.2) is 0 Å². The first-order chi connectivity index (χ1) is 14.0. The van der Waals surface area contributed by atoms with Crippen LogP contribution >= 0.6 is 23.2 Å². The van der Waals surface area contributed by atoms with Crippen molar-refractivity contribution in [3.63, 3.8) is 0 Å². The third kappa shape index (κ3) is 5.57. The standard InChI is InChI=1S/C23H23Cl2NO3/c1-28-22-12-5-16(13-23(22)29-2)20(26-19-10-8-18(25)9-11-19)14-21(27)15-3-6-17(24)7-4-15/h3-13,20-21,26-27H,14H2,1-2H3. The van der Waals surface area contributed by atoms with E-state index in [-0.39, 0.29) is 6.04 Å². The largest absolute Gasteiger partial charge is 0.493 e. The van der Waals surface area contributed by atoms with E-state index in [2.05, 4.69) is 5.32 Å². The number of hydrogen-bond donors (Lipinski definition) is 2. The van der Waals surface area contributed by atoms with Gasteiger partial charge in [0, 0.05) is 22.2 Å². The lowest BCUT2D eigenvalue weighted by atomic mass is 9.96. The van der Waals surface area contributed by atoms with Gasteiger partial charge in [-0.3, -0.25) is 0 Å². The van der Waals surface area contributed by atoms with E-state index >= 15 is 0 Å². The molecule has 29 heavy (non-hydrogen) atoms. The van der Waals surface area contributed by atoms with Crippen LogP contribution in [0, 0.1) is 0 Å². The molecule has 2 atom stereocenters. The first-order valence-corrected chi connectivity index (χ1v) is 9.93. The summed E-state index contributed by atoms with van der Waals surface area (Å²) in [5.74, 6) is 1.29. The van der Waals surface area contributed by atoms with Gasteiger partial charge in [0.25, 0.3) is 0 Å². The molecule has 0 bridgehead atoms. The van der Waals surface area contributed by atoms with Crippen LogP contribution in [0.2, 0.25) is 10.0 Å². The molecule has 0 amide bonds. The van der Waals surface area contributed by atoms with Crippen LogP contribution in [0.4, 0.5) is 5.69 Å². The fraction of sp³-hybridized carbons (Fsp3) is 0.217. The number of aliphatic hydroxyl groups is 1. The summed E-state index contributed by atoms with van der Waals surface area (Å²) in [6, 6.07) is 20.2. The van der Waals surface area contributed by atoms with Crippen LogP contribution in [-0.2, 0) is 0 Å². The van der Waals surface area contributed by atoms with Gasteiger partial charge in [0.05, 0.1) is 26.4 Å². The Kier molecular flexibility index (Phi) is 7.26. The molecule has 3 aromatic rings. The smallest absolute Gasteiger partial charge is 0.161 e. The van der Waals surface area contributed by atoms with Crippen LogP contribution in [0.1, 0.15) is 29.7 Å². The minimum Gasteiger partial charge on any atom is -0.493 e. The van der Waals surface area contributed by atoms with Gasteiger partial charge in [-0.15, -0.1) is 0 Å². The molecule has 2 N–H and O–H groups in total. The van der Waals surface area contributed by atoms with E-state index in [1.54, 1.807) is 26.4 Å². The Morgan fingerprint density at radius 2 is 1.34 bits per heavy atom. The Balaban J connectivity index is 1.90. The van der Waals surface area contributed by atoms with Crippen molar-refractivity contribution < 1.29 is 14.6 Å². The molecule has 0 aliphatic rings. The number of nitrogens with one attached hydrogen (secondary N) is 1. The van der Waals surface area contributed by atoms with E-state index in [0.717, 1.165) is 16.8 Å². The molecule has 6 heteroatoms. The lowest BCUT2D eigenvalue weighted by Crippen LogP contribution is -2.15. The molecule has 2 unspecified atom stereocenters. The third-order valence-electron chi connectivity index (χ3n) is 4.71. The van der Waals surface area contributed by atoms with E-state index in [0.29, 0.717) is 28.0 Å². The lowest BCUT2D eigenvalue weighted by Gasteiger charge is -2.24. The molecule has 0 spiro atoms. The normalized spacial score (nSPS) is 12.9. The van der Waals surface area contributed by atoms with Crippen molar-refractivity contribution in [1.29, 1.82) is 0 Å². The summed E-state index contributed by atoms with van der Waals surface area (Å²) >= 11 is 12.0. The maximum absolute atomic E-state index is 10.8. The van der Waals surface area contributed by atoms with E-state index in [1.807, 2.05) is 54.6 Å². The maximum Gasteiger partial charge on any atom is 0.161 e. The number of rotatable bonds is 8. The summed E-state index contributed by atoms with van der Waals surface area (Å²) in [7, 11) is 3.21. The maximum atomic E-state index is 10.8. The Bertz CT molecular complexity index is 930. The van der Waals surface area contributed by atoms with Gasteiger partial charge in [0.15, 0.2) is 11.5 Å².